The van der Waals surface area contributed by atoms with Gasteiger partial charge in [0.1, 0.15) is 0 Å². The molecule has 0 spiro atoms. The van der Waals surface area contributed by atoms with Crippen LogP contribution in [0.25, 0.3) is 0 Å². The van der Waals surface area contributed by atoms with Crippen LogP contribution in [0.4, 0.5) is 8.78 Å². The van der Waals surface area contributed by atoms with Gasteiger partial charge in [-0.1, -0.05) is 0 Å². The van der Waals surface area contributed by atoms with Crippen LogP contribution in [-0.4, -0.2) is 16.1 Å². The molecule has 0 radical (unpaired) electrons. The zero-order chi connectivity index (χ0) is 11.6. The van der Waals surface area contributed by atoms with Crippen LogP contribution in [0.3, 0.4) is 0 Å². The monoisotopic (exact) mass is 328 g/mol. The summed E-state index contributed by atoms with van der Waals surface area (Å²) >= 11 is 1.64. The first-order valence-corrected chi connectivity index (χ1v) is 4.96. The molecule has 0 aromatic carbocycles. The number of carbonyl (C=O) groups is 1. The molecule has 0 saturated heterocycles. The highest BCUT2D eigenvalue weighted by Crippen LogP contribution is 2.27. The molecular formula is C8H7F2IN2O2. The number of halogens is 3. The van der Waals surface area contributed by atoms with Crippen LogP contribution in [0.5, 0.6) is 0 Å². The van der Waals surface area contributed by atoms with Gasteiger partial charge in [-0.3, -0.25) is 0 Å². The van der Waals surface area contributed by atoms with E-state index in [4.69, 9.17) is 10.8 Å². The largest absolute Gasteiger partial charge is 0.476 e. The van der Waals surface area contributed by atoms with E-state index in [-0.39, 0.29) is 15.8 Å². The lowest BCUT2D eigenvalue weighted by Gasteiger charge is -2.08. The van der Waals surface area contributed by atoms with Gasteiger partial charge in [0.2, 0.25) is 0 Å². The maximum atomic E-state index is 12.5. The summed E-state index contributed by atoms with van der Waals surface area (Å²) in [5.74, 6) is -1.47. The molecule has 0 bridgehead atoms. The van der Waals surface area contributed by atoms with E-state index in [2.05, 4.69) is 4.98 Å². The zero-order valence-corrected chi connectivity index (χ0v) is 9.53. The Bertz CT molecular complexity index is 398. The quantitative estimate of drug-likeness (QED) is 0.830. The summed E-state index contributed by atoms with van der Waals surface area (Å²) in [5, 5.41) is 8.72. The first-order valence-electron chi connectivity index (χ1n) is 3.88. The van der Waals surface area contributed by atoms with E-state index in [0.717, 1.165) is 0 Å². The van der Waals surface area contributed by atoms with Gasteiger partial charge in [0.15, 0.2) is 5.69 Å². The van der Waals surface area contributed by atoms with Crippen LogP contribution >= 0.6 is 22.6 Å². The topological polar surface area (TPSA) is 76.2 Å². The van der Waals surface area contributed by atoms with E-state index in [1.54, 1.807) is 22.6 Å². The summed E-state index contributed by atoms with van der Waals surface area (Å²) < 4.78 is 25.3. The summed E-state index contributed by atoms with van der Waals surface area (Å²) in [6, 6.07) is 1.36. The molecule has 7 heteroatoms. The predicted molar refractivity (Wildman–Crippen MR) is 56.8 cm³/mol. The van der Waals surface area contributed by atoms with Gasteiger partial charge in [-0.05, 0) is 28.7 Å². The number of carboxylic acid groups (broad SMARTS) is 1. The van der Waals surface area contributed by atoms with Crippen LogP contribution in [-0.2, 0) is 6.54 Å². The van der Waals surface area contributed by atoms with Gasteiger partial charge < -0.3 is 10.8 Å². The predicted octanol–water partition coefficient (Wildman–Crippen LogP) is 1.78. The molecule has 1 rings (SSSR count). The molecule has 0 aliphatic rings. The molecule has 1 aromatic rings. The number of pyridine rings is 1. The normalized spacial score (nSPS) is 10.7. The fourth-order valence-corrected chi connectivity index (χ4v) is 1.90. The summed E-state index contributed by atoms with van der Waals surface area (Å²) in [6.45, 7) is 0.0137. The van der Waals surface area contributed by atoms with Gasteiger partial charge >= 0.3 is 5.97 Å². The number of carboxylic acids is 1. The molecule has 0 saturated carbocycles. The number of nitrogens with zero attached hydrogens (tertiary/aromatic N) is 1. The molecule has 0 amide bonds. The molecule has 0 aliphatic heterocycles. The SMILES string of the molecule is NCc1cc(I)c(C(F)F)c(C(=O)O)n1. The number of hydrogen-bond acceptors (Lipinski definition) is 3. The summed E-state index contributed by atoms with van der Waals surface area (Å²) in [4.78, 5) is 14.3. The van der Waals surface area contributed by atoms with Crippen LogP contribution in [0, 0.1) is 3.57 Å². The highest BCUT2D eigenvalue weighted by molar-refractivity contribution is 14.1. The Hall–Kier alpha value is -0.830. The van der Waals surface area contributed by atoms with Crippen molar-refractivity contribution in [1.82, 2.24) is 4.98 Å². The number of nitrogens with two attached hydrogens (primary N) is 1. The standard InChI is InChI=1S/C8H7F2IN2O2/c9-7(10)5-4(11)1-3(2-12)13-6(5)8(14)15/h1,7H,2,12H2,(H,14,15). The van der Waals surface area contributed by atoms with Crippen molar-refractivity contribution in [2.45, 2.75) is 13.0 Å². The van der Waals surface area contributed by atoms with Crippen molar-refractivity contribution in [3.63, 3.8) is 0 Å². The maximum Gasteiger partial charge on any atom is 0.355 e. The first kappa shape index (κ1) is 12.2. The van der Waals surface area contributed by atoms with Crippen molar-refractivity contribution < 1.29 is 18.7 Å². The van der Waals surface area contributed by atoms with E-state index in [1.807, 2.05) is 0 Å². The Morgan fingerprint density at radius 2 is 2.27 bits per heavy atom. The summed E-state index contributed by atoms with van der Waals surface area (Å²) in [6.07, 6.45) is -2.86. The third-order valence-electron chi connectivity index (χ3n) is 1.69. The highest BCUT2D eigenvalue weighted by atomic mass is 127. The fourth-order valence-electron chi connectivity index (χ4n) is 1.05. The van der Waals surface area contributed by atoms with E-state index in [1.165, 1.54) is 6.07 Å². The van der Waals surface area contributed by atoms with Gasteiger partial charge in [-0.2, -0.15) is 0 Å². The van der Waals surface area contributed by atoms with Crippen LogP contribution < -0.4 is 5.73 Å². The lowest BCUT2D eigenvalue weighted by molar-refractivity contribution is 0.0676. The Morgan fingerprint density at radius 1 is 1.67 bits per heavy atom. The van der Waals surface area contributed by atoms with Crippen molar-refractivity contribution in [3.8, 4) is 0 Å². The molecule has 0 fully saturated rings. The molecule has 0 aliphatic carbocycles. The molecule has 1 heterocycles. The Morgan fingerprint density at radius 3 is 2.67 bits per heavy atom. The molecule has 4 nitrogen and oxygen atoms in total. The van der Waals surface area contributed by atoms with Gasteiger partial charge in [0, 0.05) is 10.1 Å². The van der Waals surface area contributed by atoms with Crippen LogP contribution in [0.15, 0.2) is 6.07 Å². The van der Waals surface area contributed by atoms with E-state index in [9.17, 15) is 13.6 Å². The van der Waals surface area contributed by atoms with Crippen molar-refractivity contribution in [3.05, 3.63) is 26.6 Å². The smallest absolute Gasteiger partial charge is 0.355 e. The average Bonchev–Trinajstić information content (AvgIpc) is 2.15. The van der Waals surface area contributed by atoms with Gasteiger partial charge in [0.25, 0.3) is 6.43 Å². The Labute approximate surface area is 97.6 Å². The lowest BCUT2D eigenvalue weighted by Crippen LogP contribution is -2.12. The number of aromatic nitrogens is 1. The van der Waals surface area contributed by atoms with E-state index < -0.39 is 23.7 Å². The molecule has 0 atom stereocenters. The van der Waals surface area contributed by atoms with Crippen molar-refractivity contribution in [1.29, 1.82) is 0 Å². The highest BCUT2D eigenvalue weighted by Gasteiger charge is 2.23. The average molecular weight is 328 g/mol. The minimum atomic E-state index is -2.86. The number of hydrogen-bond donors (Lipinski definition) is 2. The number of aromatic carboxylic acids is 1. The molecule has 82 valence electrons. The zero-order valence-electron chi connectivity index (χ0n) is 7.38. The summed E-state index contributed by atoms with van der Waals surface area (Å²) in [7, 11) is 0. The second-order valence-electron chi connectivity index (χ2n) is 2.67. The van der Waals surface area contributed by atoms with E-state index in [0.29, 0.717) is 0 Å². The minimum absolute atomic E-state index is 0.0137. The third-order valence-corrected chi connectivity index (χ3v) is 2.58. The molecule has 0 unspecified atom stereocenters. The van der Waals surface area contributed by atoms with Crippen LogP contribution in [0.2, 0.25) is 0 Å². The fraction of sp³-hybridized carbons (Fsp3) is 0.250. The first-order chi connectivity index (χ1) is 6.97. The van der Waals surface area contributed by atoms with Gasteiger partial charge in [0.05, 0.1) is 11.3 Å². The summed E-state index contributed by atoms with van der Waals surface area (Å²) in [5.41, 5.74) is 4.36. The molecule has 15 heavy (non-hydrogen) atoms. The molecule has 3 N–H and O–H groups in total. The van der Waals surface area contributed by atoms with Crippen molar-refractivity contribution >= 4 is 28.6 Å². The maximum absolute atomic E-state index is 12.5. The van der Waals surface area contributed by atoms with Gasteiger partial charge in [-0.25, -0.2) is 18.6 Å². The molecule has 1 aromatic heterocycles. The second kappa shape index (κ2) is 4.79. The number of rotatable bonds is 3. The van der Waals surface area contributed by atoms with Crippen molar-refractivity contribution in [2.24, 2.45) is 5.73 Å². The third kappa shape index (κ3) is 2.59. The number of alkyl halides is 2. The van der Waals surface area contributed by atoms with Gasteiger partial charge in [-0.15, -0.1) is 0 Å². The second-order valence-corrected chi connectivity index (χ2v) is 3.83. The Balaban J connectivity index is 3.42. The Kier molecular flexibility index (Phi) is 3.91. The van der Waals surface area contributed by atoms with E-state index >= 15 is 0 Å². The van der Waals surface area contributed by atoms with Crippen LogP contribution in [0.1, 0.15) is 28.2 Å². The lowest BCUT2D eigenvalue weighted by atomic mass is 10.1. The van der Waals surface area contributed by atoms with Crippen molar-refractivity contribution in [2.75, 3.05) is 0 Å². The minimum Gasteiger partial charge on any atom is -0.476 e. The molecular weight excluding hydrogens is 321 g/mol.